The minimum Gasteiger partial charge on any atom is -0.348 e. The van der Waals surface area contributed by atoms with E-state index in [4.69, 9.17) is 0 Å². The lowest BCUT2D eigenvalue weighted by atomic mass is 9.84. The highest BCUT2D eigenvalue weighted by atomic mass is 32.1. The highest BCUT2D eigenvalue weighted by molar-refractivity contribution is 7.15. The number of anilines is 1. The second kappa shape index (κ2) is 4.60. The maximum Gasteiger partial charge on any atom is 0.185 e. The van der Waals surface area contributed by atoms with Crippen LogP contribution >= 0.6 is 11.3 Å². The first kappa shape index (κ1) is 11.5. The van der Waals surface area contributed by atoms with Crippen molar-refractivity contribution < 1.29 is 0 Å². The normalized spacial score (nSPS) is 28.8. The number of thiazole rings is 1. The van der Waals surface area contributed by atoms with Gasteiger partial charge < -0.3 is 4.90 Å². The predicted octanol–water partition coefficient (Wildman–Crippen LogP) is 3.89. The number of hydrogen-bond acceptors (Lipinski definition) is 3. The third-order valence-electron chi connectivity index (χ3n) is 4.27. The molecule has 94 valence electrons. The van der Waals surface area contributed by atoms with Gasteiger partial charge in [-0.1, -0.05) is 13.8 Å². The smallest absolute Gasteiger partial charge is 0.185 e. The number of fused-ring (bicyclic) bond motifs is 4. The van der Waals surface area contributed by atoms with E-state index in [0.717, 1.165) is 11.8 Å². The monoisotopic (exact) mass is 250 g/mol. The first-order valence-corrected chi connectivity index (χ1v) is 7.74. The van der Waals surface area contributed by atoms with Crippen molar-refractivity contribution in [2.24, 2.45) is 11.8 Å². The summed E-state index contributed by atoms with van der Waals surface area (Å²) >= 11 is 1.90. The van der Waals surface area contributed by atoms with Crippen LogP contribution in [0.4, 0.5) is 5.13 Å². The van der Waals surface area contributed by atoms with Crippen molar-refractivity contribution in [1.82, 2.24) is 4.98 Å². The molecule has 3 aliphatic rings. The van der Waals surface area contributed by atoms with Crippen LogP contribution in [0.3, 0.4) is 0 Å². The van der Waals surface area contributed by atoms with Crippen molar-refractivity contribution in [2.45, 2.75) is 45.4 Å². The quantitative estimate of drug-likeness (QED) is 0.791. The van der Waals surface area contributed by atoms with Crippen molar-refractivity contribution >= 4 is 16.5 Å². The van der Waals surface area contributed by atoms with E-state index in [1.165, 1.54) is 48.8 Å². The summed E-state index contributed by atoms with van der Waals surface area (Å²) in [7, 11) is 0. The summed E-state index contributed by atoms with van der Waals surface area (Å²) in [4.78, 5) is 8.63. The molecule has 3 fully saturated rings. The Kier molecular flexibility index (Phi) is 3.12. The Morgan fingerprint density at radius 2 is 1.76 bits per heavy atom. The van der Waals surface area contributed by atoms with Gasteiger partial charge in [0.25, 0.3) is 0 Å². The Morgan fingerprint density at radius 1 is 1.18 bits per heavy atom. The summed E-state index contributed by atoms with van der Waals surface area (Å²) in [5, 5.41) is 1.27. The molecule has 0 unspecified atom stereocenters. The molecule has 4 rings (SSSR count). The number of aromatic nitrogens is 1. The number of hydrogen-bond donors (Lipinski definition) is 0. The fourth-order valence-corrected chi connectivity index (χ4v) is 4.08. The van der Waals surface area contributed by atoms with Gasteiger partial charge in [0.2, 0.25) is 0 Å². The molecule has 0 atom stereocenters. The van der Waals surface area contributed by atoms with Gasteiger partial charge in [-0.15, -0.1) is 11.3 Å². The molecule has 2 aliphatic heterocycles. The van der Waals surface area contributed by atoms with Crippen molar-refractivity contribution in [1.29, 1.82) is 0 Å². The Balaban J connectivity index is 1.78. The van der Waals surface area contributed by atoms with Gasteiger partial charge in [0.1, 0.15) is 0 Å². The molecule has 2 bridgehead atoms. The molecule has 0 aromatic carbocycles. The van der Waals surface area contributed by atoms with E-state index < -0.39 is 0 Å². The lowest BCUT2D eigenvalue weighted by Gasteiger charge is -2.21. The summed E-state index contributed by atoms with van der Waals surface area (Å²) in [6, 6.07) is 0. The molecule has 0 amide bonds. The minimum absolute atomic E-state index is 0.616. The standard InChI is InChI=1S/C14H22N2S/c1-10(2)13-7-15-14(17-13)16-8-11-3-4-12(9-16)6-5-11/h7,10-12H,3-6,8-9H2,1-2H3. The Bertz CT molecular complexity index is 363. The molecular weight excluding hydrogens is 228 g/mol. The Morgan fingerprint density at radius 3 is 2.24 bits per heavy atom. The summed E-state index contributed by atoms with van der Waals surface area (Å²) in [5.41, 5.74) is 0. The fraction of sp³-hybridized carbons (Fsp3) is 0.786. The van der Waals surface area contributed by atoms with Gasteiger partial charge >= 0.3 is 0 Å². The molecule has 0 spiro atoms. The lowest BCUT2D eigenvalue weighted by molar-refractivity contribution is 0.326. The van der Waals surface area contributed by atoms with Gasteiger partial charge in [0, 0.05) is 24.2 Å². The first-order chi connectivity index (χ1) is 8.22. The first-order valence-electron chi connectivity index (χ1n) is 6.93. The molecule has 0 N–H and O–H groups in total. The predicted molar refractivity (Wildman–Crippen MR) is 73.9 cm³/mol. The Hall–Kier alpha value is -0.570. The van der Waals surface area contributed by atoms with Crippen molar-refractivity contribution in [2.75, 3.05) is 18.0 Å². The molecule has 2 nitrogen and oxygen atoms in total. The number of rotatable bonds is 2. The summed E-state index contributed by atoms with van der Waals surface area (Å²) in [5.74, 6) is 2.48. The van der Waals surface area contributed by atoms with E-state index in [9.17, 15) is 0 Å². The molecule has 17 heavy (non-hydrogen) atoms. The van der Waals surface area contributed by atoms with Crippen LogP contribution < -0.4 is 4.90 Å². The Labute approximate surface area is 108 Å². The van der Waals surface area contributed by atoms with E-state index in [0.29, 0.717) is 5.92 Å². The van der Waals surface area contributed by atoms with Crippen LogP contribution in [0.25, 0.3) is 0 Å². The van der Waals surface area contributed by atoms with Crippen LogP contribution in [-0.2, 0) is 0 Å². The SMILES string of the molecule is CC(C)c1cnc(N2CC3CCC(CC3)C2)s1. The van der Waals surface area contributed by atoms with E-state index in [1.807, 2.05) is 11.3 Å². The van der Waals surface area contributed by atoms with E-state index in [-0.39, 0.29) is 0 Å². The van der Waals surface area contributed by atoms with Crippen LogP contribution in [0.2, 0.25) is 0 Å². The van der Waals surface area contributed by atoms with Gasteiger partial charge in [-0.25, -0.2) is 4.98 Å². The average Bonchev–Trinajstić information content (AvgIpc) is 2.63. The maximum absolute atomic E-state index is 4.64. The topological polar surface area (TPSA) is 16.1 Å². The second-order valence-corrected chi connectivity index (χ2v) is 7.03. The second-order valence-electron chi connectivity index (χ2n) is 5.99. The largest absolute Gasteiger partial charge is 0.348 e. The van der Waals surface area contributed by atoms with Crippen molar-refractivity contribution in [3.63, 3.8) is 0 Å². The number of nitrogens with zero attached hydrogens (tertiary/aromatic N) is 2. The highest BCUT2D eigenvalue weighted by Crippen LogP contribution is 2.37. The summed E-state index contributed by atoms with van der Waals surface area (Å²) in [6.07, 6.45) is 7.87. The summed E-state index contributed by atoms with van der Waals surface area (Å²) in [6.45, 7) is 7.01. The fourth-order valence-electron chi connectivity index (χ4n) is 3.14. The molecule has 1 aromatic heterocycles. The molecule has 3 heteroatoms. The maximum atomic E-state index is 4.64. The van der Waals surface area contributed by atoms with Crippen LogP contribution in [-0.4, -0.2) is 18.1 Å². The van der Waals surface area contributed by atoms with E-state index in [2.05, 4.69) is 29.9 Å². The van der Waals surface area contributed by atoms with E-state index in [1.54, 1.807) is 0 Å². The molecule has 1 saturated carbocycles. The van der Waals surface area contributed by atoms with Gasteiger partial charge in [-0.2, -0.15) is 0 Å². The van der Waals surface area contributed by atoms with Crippen molar-refractivity contribution in [3.8, 4) is 0 Å². The third kappa shape index (κ3) is 2.35. The molecule has 3 heterocycles. The van der Waals surface area contributed by atoms with Crippen LogP contribution in [0.15, 0.2) is 6.20 Å². The highest BCUT2D eigenvalue weighted by Gasteiger charge is 2.30. The van der Waals surface area contributed by atoms with E-state index >= 15 is 0 Å². The average molecular weight is 250 g/mol. The third-order valence-corrected chi connectivity index (χ3v) is 5.63. The lowest BCUT2D eigenvalue weighted by Crippen LogP contribution is -2.27. The zero-order valence-electron chi connectivity index (χ0n) is 10.9. The molecule has 2 saturated heterocycles. The van der Waals surface area contributed by atoms with Gasteiger partial charge in [0.15, 0.2) is 5.13 Å². The van der Waals surface area contributed by atoms with Crippen LogP contribution in [0.1, 0.15) is 50.3 Å². The zero-order chi connectivity index (χ0) is 11.8. The van der Waals surface area contributed by atoms with Gasteiger partial charge in [-0.05, 0) is 43.4 Å². The van der Waals surface area contributed by atoms with Crippen LogP contribution in [0, 0.1) is 11.8 Å². The van der Waals surface area contributed by atoms with Gasteiger partial charge in [0.05, 0.1) is 0 Å². The minimum atomic E-state index is 0.616. The van der Waals surface area contributed by atoms with Gasteiger partial charge in [-0.3, -0.25) is 0 Å². The summed E-state index contributed by atoms with van der Waals surface area (Å²) < 4.78 is 0. The molecule has 0 radical (unpaired) electrons. The van der Waals surface area contributed by atoms with Crippen molar-refractivity contribution in [3.05, 3.63) is 11.1 Å². The molecule has 1 aliphatic carbocycles. The molecular formula is C14H22N2S. The van der Waals surface area contributed by atoms with Crippen LogP contribution in [0.5, 0.6) is 0 Å². The molecule has 1 aromatic rings. The zero-order valence-corrected chi connectivity index (χ0v) is 11.7.